The number of nitrogens with one attached hydrogen (secondary N) is 2. The number of carbonyl (C=O) groups is 1. The minimum absolute atomic E-state index is 0.0587. The Morgan fingerprint density at radius 2 is 2.05 bits per heavy atom. The summed E-state index contributed by atoms with van der Waals surface area (Å²) in [6.45, 7) is 2.02. The number of piperidine rings is 1. The number of anilines is 1. The Morgan fingerprint density at radius 3 is 2.81 bits per heavy atom. The third-order valence-corrected chi connectivity index (χ3v) is 4.29. The lowest BCUT2D eigenvalue weighted by Crippen LogP contribution is -2.31. The molecule has 1 aromatic carbocycles. The number of benzene rings is 1. The van der Waals surface area contributed by atoms with Crippen LogP contribution in [0.4, 0.5) is 5.69 Å². The van der Waals surface area contributed by atoms with E-state index >= 15 is 0 Å². The van der Waals surface area contributed by atoms with Crippen molar-refractivity contribution in [1.82, 2.24) is 9.88 Å². The zero-order valence-electron chi connectivity index (χ0n) is 11.7. The second kappa shape index (κ2) is 6.45. The summed E-state index contributed by atoms with van der Waals surface area (Å²) >= 11 is 3.41. The fourth-order valence-electron chi connectivity index (χ4n) is 2.75. The van der Waals surface area contributed by atoms with Gasteiger partial charge in [-0.2, -0.15) is 0 Å². The van der Waals surface area contributed by atoms with Gasteiger partial charge >= 0.3 is 0 Å². The number of nitrogens with zero attached hydrogens (tertiary/aromatic N) is 1. The lowest BCUT2D eigenvalue weighted by atomic mass is 10.1. The van der Waals surface area contributed by atoms with Gasteiger partial charge in [-0.1, -0.05) is 22.0 Å². The number of halogens is 1. The Morgan fingerprint density at radius 1 is 1.24 bits per heavy atom. The van der Waals surface area contributed by atoms with Gasteiger partial charge in [0.05, 0.1) is 0 Å². The standard InChI is InChI=1S/C16H18BrN3O/c17-12-3-1-4-13(11-12)19-16(21)15-5-2-10-20(15)14-6-8-18-9-7-14/h1-5,10-11,14,18H,6-9H2,(H,19,21). The van der Waals surface area contributed by atoms with Crippen LogP contribution in [0.25, 0.3) is 0 Å². The summed E-state index contributed by atoms with van der Waals surface area (Å²) in [5, 5.41) is 6.31. The molecule has 1 amide bonds. The van der Waals surface area contributed by atoms with E-state index in [4.69, 9.17) is 0 Å². The normalized spacial score (nSPS) is 15.9. The van der Waals surface area contributed by atoms with Gasteiger partial charge in [0.15, 0.2) is 0 Å². The molecular weight excluding hydrogens is 330 g/mol. The molecule has 1 aromatic heterocycles. The first kappa shape index (κ1) is 14.4. The molecule has 0 spiro atoms. The molecule has 0 atom stereocenters. The van der Waals surface area contributed by atoms with Crippen molar-refractivity contribution in [2.45, 2.75) is 18.9 Å². The molecule has 2 aromatic rings. The highest BCUT2D eigenvalue weighted by atomic mass is 79.9. The van der Waals surface area contributed by atoms with E-state index in [9.17, 15) is 4.79 Å². The van der Waals surface area contributed by atoms with Crippen molar-refractivity contribution in [3.8, 4) is 0 Å². The van der Waals surface area contributed by atoms with Gasteiger partial charge in [-0.25, -0.2) is 0 Å². The van der Waals surface area contributed by atoms with Crippen LogP contribution in [-0.4, -0.2) is 23.6 Å². The second-order valence-electron chi connectivity index (χ2n) is 5.25. The van der Waals surface area contributed by atoms with Gasteiger partial charge in [-0.05, 0) is 56.3 Å². The SMILES string of the molecule is O=C(Nc1cccc(Br)c1)c1cccn1C1CCNCC1. The second-order valence-corrected chi connectivity index (χ2v) is 6.16. The molecule has 21 heavy (non-hydrogen) atoms. The van der Waals surface area contributed by atoms with Crippen LogP contribution >= 0.6 is 15.9 Å². The topological polar surface area (TPSA) is 46.1 Å². The van der Waals surface area contributed by atoms with Crippen LogP contribution in [0, 0.1) is 0 Å². The summed E-state index contributed by atoms with van der Waals surface area (Å²) in [6, 6.07) is 11.9. The highest BCUT2D eigenvalue weighted by Gasteiger charge is 2.19. The first-order valence-electron chi connectivity index (χ1n) is 7.18. The lowest BCUT2D eigenvalue weighted by molar-refractivity contribution is 0.101. The molecule has 1 aliphatic heterocycles. The van der Waals surface area contributed by atoms with Gasteiger partial charge in [-0.3, -0.25) is 4.79 Å². The van der Waals surface area contributed by atoms with Crippen molar-refractivity contribution in [3.05, 3.63) is 52.8 Å². The molecule has 2 N–H and O–H groups in total. The molecule has 0 saturated carbocycles. The van der Waals surface area contributed by atoms with Crippen LogP contribution in [0.2, 0.25) is 0 Å². The van der Waals surface area contributed by atoms with E-state index in [1.165, 1.54) is 0 Å². The van der Waals surface area contributed by atoms with Crippen LogP contribution in [0.15, 0.2) is 47.1 Å². The van der Waals surface area contributed by atoms with E-state index in [1.807, 2.05) is 42.6 Å². The lowest BCUT2D eigenvalue weighted by Gasteiger charge is -2.25. The third kappa shape index (κ3) is 3.36. The number of rotatable bonds is 3. The molecule has 0 aliphatic carbocycles. The van der Waals surface area contributed by atoms with Crippen LogP contribution in [0.5, 0.6) is 0 Å². The van der Waals surface area contributed by atoms with Crippen molar-refractivity contribution < 1.29 is 4.79 Å². The van der Waals surface area contributed by atoms with Gasteiger partial charge in [0.2, 0.25) is 0 Å². The van der Waals surface area contributed by atoms with Crippen LogP contribution in [0.1, 0.15) is 29.4 Å². The number of hydrogen-bond acceptors (Lipinski definition) is 2. The maximum Gasteiger partial charge on any atom is 0.272 e. The zero-order valence-corrected chi connectivity index (χ0v) is 13.3. The monoisotopic (exact) mass is 347 g/mol. The van der Waals surface area contributed by atoms with E-state index in [2.05, 4.69) is 31.1 Å². The minimum Gasteiger partial charge on any atom is -0.340 e. The molecule has 0 radical (unpaired) electrons. The summed E-state index contributed by atoms with van der Waals surface area (Å²) in [5.74, 6) is -0.0587. The molecule has 5 heteroatoms. The quantitative estimate of drug-likeness (QED) is 0.893. The van der Waals surface area contributed by atoms with Gasteiger partial charge in [0.25, 0.3) is 5.91 Å². The molecule has 4 nitrogen and oxygen atoms in total. The molecule has 1 saturated heterocycles. The average Bonchev–Trinajstić information content (AvgIpc) is 2.98. The van der Waals surface area contributed by atoms with E-state index in [0.717, 1.165) is 41.8 Å². The number of carbonyl (C=O) groups excluding carboxylic acids is 1. The fourth-order valence-corrected chi connectivity index (χ4v) is 3.15. The molecular formula is C16H18BrN3O. The van der Waals surface area contributed by atoms with Crippen molar-refractivity contribution in [2.24, 2.45) is 0 Å². The molecule has 1 fully saturated rings. The molecule has 110 valence electrons. The predicted octanol–water partition coefficient (Wildman–Crippen LogP) is 3.43. The van der Waals surface area contributed by atoms with Crippen molar-refractivity contribution in [2.75, 3.05) is 18.4 Å². The number of amides is 1. The van der Waals surface area contributed by atoms with E-state index < -0.39 is 0 Å². The van der Waals surface area contributed by atoms with Gasteiger partial charge in [0.1, 0.15) is 5.69 Å². The smallest absolute Gasteiger partial charge is 0.272 e. The molecule has 0 unspecified atom stereocenters. The largest absolute Gasteiger partial charge is 0.340 e. The molecule has 1 aliphatic rings. The van der Waals surface area contributed by atoms with Crippen molar-refractivity contribution in [3.63, 3.8) is 0 Å². The Hall–Kier alpha value is -1.59. The third-order valence-electron chi connectivity index (χ3n) is 3.80. The maximum absolute atomic E-state index is 12.5. The average molecular weight is 348 g/mol. The molecule has 2 heterocycles. The summed E-state index contributed by atoms with van der Waals surface area (Å²) in [5.41, 5.74) is 1.52. The van der Waals surface area contributed by atoms with E-state index in [0.29, 0.717) is 6.04 Å². The zero-order chi connectivity index (χ0) is 14.7. The molecule has 0 bridgehead atoms. The summed E-state index contributed by atoms with van der Waals surface area (Å²) in [4.78, 5) is 12.5. The summed E-state index contributed by atoms with van der Waals surface area (Å²) in [7, 11) is 0. The predicted molar refractivity (Wildman–Crippen MR) is 87.7 cm³/mol. The first-order chi connectivity index (χ1) is 10.2. The van der Waals surface area contributed by atoms with E-state index in [-0.39, 0.29) is 5.91 Å². The van der Waals surface area contributed by atoms with Gasteiger partial charge in [0, 0.05) is 22.4 Å². The number of aromatic nitrogens is 1. The Balaban J connectivity index is 1.77. The van der Waals surface area contributed by atoms with Crippen LogP contribution in [-0.2, 0) is 0 Å². The highest BCUT2D eigenvalue weighted by molar-refractivity contribution is 9.10. The Kier molecular flexibility index (Phi) is 4.41. The van der Waals surface area contributed by atoms with Crippen LogP contribution < -0.4 is 10.6 Å². The fraction of sp³-hybridized carbons (Fsp3) is 0.312. The maximum atomic E-state index is 12.5. The first-order valence-corrected chi connectivity index (χ1v) is 7.98. The Bertz CT molecular complexity index is 632. The number of hydrogen-bond donors (Lipinski definition) is 2. The Labute approximate surface area is 132 Å². The molecule has 3 rings (SSSR count). The van der Waals surface area contributed by atoms with E-state index in [1.54, 1.807) is 0 Å². The van der Waals surface area contributed by atoms with Gasteiger partial charge in [-0.15, -0.1) is 0 Å². The summed E-state index contributed by atoms with van der Waals surface area (Å²) in [6.07, 6.45) is 4.13. The minimum atomic E-state index is -0.0587. The summed E-state index contributed by atoms with van der Waals surface area (Å²) < 4.78 is 3.06. The van der Waals surface area contributed by atoms with Gasteiger partial charge < -0.3 is 15.2 Å². The van der Waals surface area contributed by atoms with Crippen molar-refractivity contribution in [1.29, 1.82) is 0 Å². The highest BCUT2D eigenvalue weighted by Crippen LogP contribution is 2.22. The van der Waals surface area contributed by atoms with Crippen LogP contribution in [0.3, 0.4) is 0 Å². The van der Waals surface area contributed by atoms with Crippen molar-refractivity contribution >= 4 is 27.5 Å².